The monoisotopic (exact) mass is 319 g/mol. The van der Waals surface area contributed by atoms with E-state index in [0.717, 1.165) is 5.56 Å². The van der Waals surface area contributed by atoms with Crippen LogP contribution in [0.15, 0.2) is 47.2 Å². The number of carbonyl (C=O) groups excluding carboxylic acids is 2. The van der Waals surface area contributed by atoms with Crippen LogP contribution in [-0.4, -0.2) is 11.9 Å². The highest BCUT2D eigenvalue weighted by molar-refractivity contribution is 7.07. The van der Waals surface area contributed by atoms with Gasteiger partial charge in [0, 0.05) is 5.56 Å². The molecule has 0 fully saturated rings. The molecule has 0 bridgehead atoms. The summed E-state index contributed by atoms with van der Waals surface area (Å²) < 4.78 is 10.2. The van der Waals surface area contributed by atoms with E-state index in [4.69, 9.17) is 15.2 Å². The van der Waals surface area contributed by atoms with Gasteiger partial charge in [-0.2, -0.15) is 11.3 Å². The molecule has 0 amide bonds. The highest BCUT2D eigenvalue weighted by Crippen LogP contribution is 2.17. The van der Waals surface area contributed by atoms with Gasteiger partial charge < -0.3 is 9.47 Å². The van der Waals surface area contributed by atoms with Crippen molar-refractivity contribution in [2.24, 2.45) is 11.7 Å². The number of rotatable bonds is 6. The summed E-state index contributed by atoms with van der Waals surface area (Å²) in [5.41, 5.74) is 7.31. The Labute approximate surface area is 132 Å². The van der Waals surface area contributed by atoms with Crippen molar-refractivity contribution in [3.8, 4) is 0 Å². The molecule has 2 aromatic rings. The predicted molar refractivity (Wildman–Crippen MR) is 82.7 cm³/mol. The van der Waals surface area contributed by atoms with Crippen molar-refractivity contribution in [3.05, 3.63) is 58.3 Å². The van der Waals surface area contributed by atoms with Crippen LogP contribution in [0.3, 0.4) is 0 Å². The fraction of sp³-hybridized carbons (Fsp3) is 0.250. The molecule has 22 heavy (non-hydrogen) atoms. The number of hydrogen-bond donors (Lipinski definition) is 1. The molecule has 5 nitrogen and oxygen atoms in total. The first-order chi connectivity index (χ1) is 10.6. The maximum absolute atomic E-state index is 11.9. The zero-order chi connectivity index (χ0) is 15.9. The minimum atomic E-state index is -1.02. The molecule has 2 N–H and O–H groups in total. The number of carbonyl (C=O) groups is 2. The maximum atomic E-state index is 11.9. The van der Waals surface area contributed by atoms with Crippen molar-refractivity contribution in [2.75, 3.05) is 0 Å². The number of benzene rings is 1. The molecule has 0 spiro atoms. The first-order valence-electron chi connectivity index (χ1n) is 6.76. The van der Waals surface area contributed by atoms with Crippen LogP contribution in [0.2, 0.25) is 0 Å². The molecule has 2 rings (SSSR count). The first-order valence-corrected chi connectivity index (χ1v) is 7.71. The molecule has 6 heteroatoms. The average Bonchev–Trinajstić information content (AvgIpc) is 3.07. The third-order valence-electron chi connectivity index (χ3n) is 3.05. The van der Waals surface area contributed by atoms with Crippen molar-refractivity contribution in [1.29, 1.82) is 0 Å². The Kier molecular flexibility index (Phi) is 5.68. The Bertz CT molecular complexity index is 612. The van der Waals surface area contributed by atoms with E-state index in [9.17, 15) is 9.59 Å². The number of esters is 2. The zero-order valence-corrected chi connectivity index (χ0v) is 12.9. The van der Waals surface area contributed by atoms with Gasteiger partial charge in [-0.25, -0.2) is 0 Å². The molecule has 1 aromatic heterocycles. The highest BCUT2D eigenvalue weighted by Gasteiger charge is 2.26. The van der Waals surface area contributed by atoms with Crippen molar-refractivity contribution < 1.29 is 19.1 Å². The summed E-state index contributed by atoms with van der Waals surface area (Å²) in [5, 5.41) is 3.62. The van der Waals surface area contributed by atoms with E-state index < -0.39 is 24.1 Å². The van der Waals surface area contributed by atoms with Crippen LogP contribution in [0.25, 0.3) is 0 Å². The second kappa shape index (κ2) is 7.72. The van der Waals surface area contributed by atoms with Gasteiger partial charge in [0.25, 0.3) is 0 Å². The zero-order valence-electron chi connectivity index (χ0n) is 12.1. The Morgan fingerprint density at radius 3 is 2.55 bits per heavy atom. The Balaban J connectivity index is 1.83. The summed E-state index contributed by atoms with van der Waals surface area (Å²) in [4.78, 5) is 23.8. The molecular formula is C16H17NO4S. The predicted octanol–water partition coefficient (Wildman–Crippen LogP) is 2.63. The van der Waals surface area contributed by atoms with Gasteiger partial charge in [-0.15, -0.1) is 0 Å². The lowest BCUT2D eigenvalue weighted by Gasteiger charge is -2.15. The number of hydrogen-bond acceptors (Lipinski definition) is 6. The molecule has 1 heterocycles. The van der Waals surface area contributed by atoms with Crippen molar-refractivity contribution in [1.82, 2.24) is 0 Å². The summed E-state index contributed by atoms with van der Waals surface area (Å²) in [7, 11) is 0. The van der Waals surface area contributed by atoms with Crippen molar-refractivity contribution in [2.45, 2.75) is 19.8 Å². The average molecular weight is 319 g/mol. The summed E-state index contributed by atoms with van der Waals surface area (Å²) in [6.07, 6.45) is -0.872. The van der Waals surface area contributed by atoms with Crippen LogP contribution in [0, 0.1) is 5.92 Å². The van der Waals surface area contributed by atoms with Gasteiger partial charge >= 0.3 is 11.9 Å². The summed E-state index contributed by atoms with van der Waals surface area (Å²) in [6, 6.07) is 11.0. The molecule has 0 radical (unpaired) electrons. The van der Waals surface area contributed by atoms with Crippen LogP contribution in [-0.2, 0) is 25.7 Å². The van der Waals surface area contributed by atoms with Gasteiger partial charge in [0.2, 0.25) is 0 Å². The van der Waals surface area contributed by atoms with Crippen molar-refractivity contribution in [3.63, 3.8) is 0 Å². The summed E-state index contributed by atoms with van der Waals surface area (Å²) in [5.74, 6) is -2.35. The fourth-order valence-electron chi connectivity index (χ4n) is 1.68. The molecular weight excluding hydrogens is 302 g/mol. The van der Waals surface area contributed by atoms with Crippen LogP contribution in [0.1, 0.15) is 24.3 Å². The lowest BCUT2D eigenvalue weighted by molar-refractivity contribution is -0.165. The van der Waals surface area contributed by atoms with E-state index >= 15 is 0 Å². The largest absolute Gasteiger partial charge is 0.460 e. The van der Waals surface area contributed by atoms with Crippen molar-refractivity contribution >= 4 is 23.3 Å². The molecule has 0 aliphatic heterocycles. The lowest BCUT2D eigenvalue weighted by Crippen LogP contribution is -2.28. The van der Waals surface area contributed by atoms with E-state index in [1.807, 2.05) is 35.7 Å². The Morgan fingerprint density at radius 2 is 1.91 bits per heavy atom. The minimum absolute atomic E-state index is 0.119. The van der Waals surface area contributed by atoms with Crippen LogP contribution in [0.4, 0.5) is 0 Å². The molecule has 0 saturated carbocycles. The topological polar surface area (TPSA) is 78.6 Å². The standard InChI is InChI=1S/C16H17NO4S/c1-11(15(18)20-9-12-5-3-2-4-6-12)16(19)21-14(17)13-7-8-22-10-13/h2-8,10-11,14H,9,17H2,1H3/t11-,14?/m1/s1. The minimum Gasteiger partial charge on any atom is -0.460 e. The van der Waals surface area contributed by atoms with Gasteiger partial charge in [-0.3, -0.25) is 15.3 Å². The SMILES string of the molecule is C[C@H](C(=O)OCc1ccccc1)C(=O)OC(N)c1ccsc1. The second-order valence-electron chi connectivity index (χ2n) is 4.73. The fourth-order valence-corrected chi connectivity index (χ4v) is 2.37. The molecule has 1 aromatic carbocycles. The first kappa shape index (κ1) is 16.2. The molecule has 0 aliphatic rings. The van der Waals surface area contributed by atoms with E-state index in [1.165, 1.54) is 18.3 Å². The summed E-state index contributed by atoms with van der Waals surface area (Å²) >= 11 is 1.45. The van der Waals surface area contributed by atoms with Gasteiger partial charge in [0.05, 0.1) is 0 Å². The lowest BCUT2D eigenvalue weighted by atomic mass is 10.2. The van der Waals surface area contributed by atoms with Gasteiger partial charge in [-0.05, 0) is 29.3 Å². The number of ether oxygens (including phenoxy) is 2. The van der Waals surface area contributed by atoms with E-state index in [0.29, 0.717) is 5.56 Å². The maximum Gasteiger partial charge on any atom is 0.321 e. The Hall–Kier alpha value is -2.18. The molecule has 1 unspecified atom stereocenters. The molecule has 0 saturated heterocycles. The van der Waals surface area contributed by atoms with Gasteiger partial charge in [0.1, 0.15) is 6.61 Å². The third-order valence-corrected chi connectivity index (χ3v) is 3.75. The summed E-state index contributed by atoms with van der Waals surface area (Å²) in [6.45, 7) is 1.56. The van der Waals surface area contributed by atoms with Crippen LogP contribution < -0.4 is 5.73 Å². The van der Waals surface area contributed by atoms with E-state index in [-0.39, 0.29) is 6.61 Å². The third kappa shape index (κ3) is 4.41. The number of nitrogens with two attached hydrogens (primary N) is 1. The van der Waals surface area contributed by atoms with E-state index in [2.05, 4.69) is 0 Å². The number of thiophene rings is 1. The van der Waals surface area contributed by atoms with E-state index in [1.54, 1.807) is 11.4 Å². The Morgan fingerprint density at radius 1 is 1.18 bits per heavy atom. The highest BCUT2D eigenvalue weighted by atomic mass is 32.1. The smallest absolute Gasteiger partial charge is 0.321 e. The molecule has 2 atom stereocenters. The van der Waals surface area contributed by atoms with Gasteiger partial charge in [0.15, 0.2) is 12.1 Å². The normalized spacial score (nSPS) is 13.2. The quantitative estimate of drug-likeness (QED) is 0.503. The van der Waals surface area contributed by atoms with Gasteiger partial charge in [-0.1, -0.05) is 30.3 Å². The van der Waals surface area contributed by atoms with Crippen LogP contribution in [0.5, 0.6) is 0 Å². The molecule has 116 valence electrons. The van der Waals surface area contributed by atoms with Crippen LogP contribution >= 0.6 is 11.3 Å². The molecule has 0 aliphatic carbocycles. The second-order valence-corrected chi connectivity index (χ2v) is 5.51.